The van der Waals surface area contributed by atoms with E-state index in [1.165, 1.54) is 0 Å². The van der Waals surface area contributed by atoms with E-state index in [4.69, 9.17) is 4.74 Å². The van der Waals surface area contributed by atoms with Crippen molar-refractivity contribution in [3.05, 3.63) is 65.2 Å². The minimum Gasteiger partial charge on any atom is -0.481 e. The zero-order chi connectivity index (χ0) is 16.8. The van der Waals surface area contributed by atoms with Crippen LogP contribution in [-0.2, 0) is 4.79 Å². The monoisotopic (exact) mass is 312 g/mol. The van der Waals surface area contributed by atoms with Crippen LogP contribution < -0.4 is 15.6 Å². The first-order chi connectivity index (χ1) is 11.0. The maximum Gasteiger partial charge on any atom is 0.279 e. The summed E-state index contributed by atoms with van der Waals surface area (Å²) in [7, 11) is 0. The third-order valence-corrected chi connectivity index (χ3v) is 3.28. The zero-order valence-corrected chi connectivity index (χ0v) is 13.4. The molecule has 0 spiro atoms. The number of benzene rings is 2. The van der Waals surface area contributed by atoms with Crippen molar-refractivity contribution in [2.75, 3.05) is 0 Å². The number of amides is 2. The second-order valence-electron chi connectivity index (χ2n) is 5.39. The van der Waals surface area contributed by atoms with Gasteiger partial charge in [0.05, 0.1) is 0 Å². The quantitative estimate of drug-likeness (QED) is 0.853. The smallest absolute Gasteiger partial charge is 0.279 e. The number of hydrogen-bond acceptors (Lipinski definition) is 3. The second kappa shape index (κ2) is 7.45. The fourth-order valence-electron chi connectivity index (χ4n) is 1.95. The highest BCUT2D eigenvalue weighted by Gasteiger charge is 2.15. The van der Waals surface area contributed by atoms with Crippen LogP contribution in [0.2, 0.25) is 0 Å². The lowest BCUT2D eigenvalue weighted by molar-refractivity contribution is -0.128. The number of ether oxygens (including phenoxy) is 1. The average Bonchev–Trinajstić information content (AvgIpc) is 2.54. The number of carbonyl (C=O) groups excluding carboxylic acids is 2. The molecule has 2 rings (SSSR count). The normalized spacial score (nSPS) is 11.4. The van der Waals surface area contributed by atoms with Gasteiger partial charge in [-0.3, -0.25) is 20.4 Å². The molecule has 0 fully saturated rings. The van der Waals surface area contributed by atoms with Crippen molar-refractivity contribution in [3.63, 3.8) is 0 Å². The van der Waals surface area contributed by atoms with Crippen molar-refractivity contribution in [2.45, 2.75) is 26.9 Å². The fraction of sp³-hybridized carbons (Fsp3) is 0.222. The van der Waals surface area contributed by atoms with E-state index in [0.717, 1.165) is 11.1 Å². The Hall–Kier alpha value is -2.82. The van der Waals surface area contributed by atoms with Gasteiger partial charge in [-0.1, -0.05) is 35.4 Å². The number of nitrogens with one attached hydrogen (secondary N) is 2. The van der Waals surface area contributed by atoms with Crippen LogP contribution in [0.25, 0.3) is 0 Å². The van der Waals surface area contributed by atoms with Gasteiger partial charge in [0.1, 0.15) is 5.75 Å². The van der Waals surface area contributed by atoms with Gasteiger partial charge >= 0.3 is 0 Å². The molecule has 0 aliphatic rings. The van der Waals surface area contributed by atoms with E-state index < -0.39 is 12.0 Å². The Balaban J connectivity index is 1.86. The van der Waals surface area contributed by atoms with Crippen LogP contribution in [0.5, 0.6) is 5.75 Å². The molecule has 0 bridgehead atoms. The molecule has 2 aromatic carbocycles. The first-order valence-corrected chi connectivity index (χ1v) is 7.36. The SMILES string of the molecule is Cc1ccc(OC(C)C(=O)NNC(=O)c2cccc(C)c2)cc1. The Morgan fingerprint density at radius 3 is 2.30 bits per heavy atom. The van der Waals surface area contributed by atoms with Crippen LogP contribution in [0.15, 0.2) is 48.5 Å². The van der Waals surface area contributed by atoms with Crippen LogP contribution in [0, 0.1) is 13.8 Å². The molecule has 0 heterocycles. The molecule has 0 aliphatic heterocycles. The summed E-state index contributed by atoms with van der Waals surface area (Å²) in [5.41, 5.74) is 7.32. The molecule has 0 saturated carbocycles. The molecule has 0 aliphatic carbocycles. The maximum atomic E-state index is 12.0. The summed E-state index contributed by atoms with van der Waals surface area (Å²) in [4.78, 5) is 23.9. The van der Waals surface area contributed by atoms with E-state index in [9.17, 15) is 9.59 Å². The predicted octanol–water partition coefficient (Wildman–Crippen LogP) is 2.53. The Labute approximate surface area is 135 Å². The summed E-state index contributed by atoms with van der Waals surface area (Å²) in [5.74, 6) is -0.195. The molecule has 5 nitrogen and oxygen atoms in total. The third kappa shape index (κ3) is 4.85. The Morgan fingerprint density at radius 1 is 0.957 bits per heavy atom. The van der Waals surface area contributed by atoms with Crippen LogP contribution in [0.1, 0.15) is 28.4 Å². The molecule has 2 amide bonds. The number of rotatable bonds is 4. The van der Waals surface area contributed by atoms with E-state index >= 15 is 0 Å². The van der Waals surface area contributed by atoms with E-state index in [2.05, 4.69) is 10.9 Å². The molecule has 2 N–H and O–H groups in total. The molecular weight excluding hydrogens is 292 g/mol. The average molecular weight is 312 g/mol. The van der Waals surface area contributed by atoms with Gasteiger partial charge < -0.3 is 4.74 Å². The van der Waals surface area contributed by atoms with Gasteiger partial charge in [-0.2, -0.15) is 0 Å². The lowest BCUT2D eigenvalue weighted by atomic mass is 10.1. The highest BCUT2D eigenvalue weighted by Crippen LogP contribution is 2.13. The van der Waals surface area contributed by atoms with Crippen molar-refractivity contribution in [1.82, 2.24) is 10.9 Å². The second-order valence-corrected chi connectivity index (χ2v) is 5.39. The lowest BCUT2D eigenvalue weighted by Crippen LogP contribution is -2.47. The van der Waals surface area contributed by atoms with Gasteiger partial charge in [0.25, 0.3) is 11.8 Å². The largest absolute Gasteiger partial charge is 0.481 e. The van der Waals surface area contributed by atoms with Crippen LogP contribution >= 0.6 is 0 Å². The fourth-order valence-corrected chi connectivity index (χ4v) is 1.95. The number of hydrazine groups is 1. The van der Waals surface area contributed by atoms with Crippen LogP contribution in [0.4, 0.5) is 0 Å². The van der Waals surface area contributed by atoms with E-state index in [1.54, 1.807) is 37.3 Å². The summed E-state index contributed by atoms with van der Waals surface area (Å²) >= 11 is 0. The summed E-state index contributed by atoms with van der Waals surface area (Å²) in [6.45, 7) is 5.49. The van der Waals surface area contributed by atoms with Gasteiger partial charge in [-0.05, 0) is 45.0 Å². The third-order valence-electron chi connectivity index (χ3n) is 3.28. The van der Waals surface area contributed by atoms with Gasteiger partial charge in [0.2, 0.25) is 0 Å². The van der Waals surface area contributed by atoms with Crippen LogP contribution in [-0.4, -0.2) is 17.9 Å². The summed E-state index contributed by atoms with van der Waals surface area (Å²) in [6.07, 6.45) is -0.726. The molecule has 5 heteroatoms. The zero-order valence-electron chi connectivity index (χ0n) is 13.4. The van der Waals surface area contributed by atoms with Gasteiger partial charge in [-0.25, -0.2) is 0 Å². The van der Waals surface area contributed by atoms with Gasteiger partial charge in [0, 0.05) is 5.56 Å². The topological polar surface area (TPSA) is 67.4 Å². The molecule has 23 heavy (non-hydrogen) atoms. The minimum atomic E-state index is -0.726. The lowest BCUT2D eigenvalue weighted by Gasteiger charge is -2.15. The van der Waals surface area contributed by atoms with Crippen molar-refractivity contribution < 1.29 is 14.3 Å². The number of carbonyl (C=O) groups is 2. The maximum absolute atomic E-state index is 12.0. The van der Waals surface area contributed by atoms with E-state index in [0.29, 0.717) is 11.3 Å². The van der Waals surface area contributed by atoms with Crippen LogP contribution in [0.3, 0.4) is 0 Å². The van der Waals surface area contributed by atoms with Crippen molar-refractivity contribution in [3.8, 4) is 5.75 Å². The minimum absolute atomic E-state index is 0.371. The van der Waals surface area contributed by atoms with Crippen molar-refractivity contribution in [2.24, 2.45) is 0 Å². The standard InChI is InChI=1S/C18H20N2O3/c1-12-7-9-16(10-8-12)23-14(3)17(21)19-20-18(22)15-6-4-5-13(2)11-15/h4-11,14H,1-3H3,(H,19,21)(H,20,22). The Kier molecular flexibility index (Phi) is 5.36. The summed E-state index contributed by atoms with van der Waals surface area (Å²) < 4.78 is 5.52. The Morgan fingerprint density at radius 2 is 1.65 bits per heavy atom. The van der Waals surface area contributed by atoms with Crippen molar-refractivity contribution in [1.29, 1.82) is 0 Å². The molecule has 0 saturated heterocycles. The molecule has 1 unspecified atom stereocenters. The first kappa shape index (κ1) is 16.5. The number of hydrogen-bond donors (Lipinski definition) is 2. The van der Waals surface area contributed by atoms with Gasteiger partial charge in [0.15, 0.2) is 6.10 Å². The highest BCUT2D eigenvalue weighted by molar-refractivity contribution is 5.95. The van der Waals surface area contributed by atoms with Gasteiger partial charge in [-0.15, -0.1) is 0 Å². The summed E-state index contributed by atoms with van der Waals surface area (Å²) in [5, 5.41) is 0. The number of aryl methyl sites for hydroxylation is 2. The predicted molar refractivity (Wildman–Crippen MR) is 88.1 cm³/mol. The molecule has 1 atom stereocenters. The van der Waals surface area contributed by atoms with E-state index in [1.807, 2.05) is 32.0 Å². The highest BCUT2D eigenvalue weighted by atomic mass is 16.5. The molecular formula is C18H20N2O3. The Bertz CT molecular complexity index is 696. The van der Waals surface area contributed by atoms with Crippen molar-refractivity contribution >= 4 is 11.8 Å². The molecule has 120 valence electrons. The molecule has 0 radical (unpaired) electrons. The van der Waals surface area contributed by atoms with E-state index in [-0.39, 0.29) is 5.91 Å². The molecule has 2 aromatic rings. The first-order valence-electron chi connectivity index (χ1n) is 7.36. The summed E-state index contributed by atoms with van der Waals surface area (Å²) in [6, 6.07) is 14.5. The molecule has 0 aromatic heterocycles.